The van der Waals surface area contributed by atoms with Crippen LogP contribution in [0.5, 0.6) is 0 Å². The molecule has 4 nitrogen and oxygen atoms in total. The summed E-state index contributed by atoms with van der Waals surface area (Å²) in [4.78, 5) is 11.9. The molecule has 1 amide bonds. The van der Waals surface area contributed by atoms with Crippen LogP contribution in [0.3, 0.4) is 0 Å². The Labute approximate surface area is 102 Å². The molecule has 2 rings (SSSR count). The molecule has 0 bridgehead atoms. The van der Waals surface area contributed by atoms with Crippen molar-refractivity contribution in [2.75, 3.05) is 6.54 Å². The molecule has 1 aromatic heterocycles. The number of hydrogen-bond acceptors (Lipinski definition) is 3. The summed E-state index contributed by atoms with van der Waals surface area (Å²) in [5, 5.41) is 6.27. The van der Waals surface area contributed by atoms with Gasteiger partial charge in [0.05, 0.1) is 12.3 Å². The van der Waals surface area contributed by atoms with E-state index in [1.165, 1.54) is 6.42 Å². The van der Waals surface area contributed by atoms with Crippen molar-refractivity contribution in [3.63, 3.8) is 0 Å². The number of carbonyl (C=O) groups excluding carboxylic acids is 1. The van der Waals surface area contributed by atoms with Crippen molar-refractivity contribution in [2.24, 2.45) is 0 Å². The first-order chi connectivity index (χ1) is 8.25. The van der Waals surface area contributed by atoms with Crippen LogP contribution in [0.4, 0.5) is 0 Å². The molecule has 0 spiro atoms. The third-order valence-corrected chi connectivity index (χ3v) is 3.10. The molecule has 4 heteroatoms. The topological polar surface area (TPSA) is 54.3 Å². The maximum Gasteiger partial charge on any atom is 0.237 e. The van der Waals surface area contributed by atoms with E-state index >= 15 is 0 Å². The number of furan rings is 1. The largest absolute Gasteiger partial charge is 0.469 e. The van der Waals surface area contributed by atoms with E-state index in [9.17, 15) is 4.79 Å². The molecule has 0 aliphatic carbocycles. The zero-order valence-electron chi connectivity index (χ0n) is 10.2. The van der Waals surface area contributed by atoms with E-state index in [1.54, 1.807) is 6.26 Å². The zero-order valence-corrected chi connectivity index (χ0v) is 10.2. The predicted octanol–water partition coefficient (Wildman–Crippen LogP) is 1.47. The van der Waals surface area contributed by atoms with Crippen molar-refractivity contribution in [1.29, 1.82) is 0 Å². The van der Waals surface area contributed by atoms with Crippen LogP contribution in [0.25, 0.3) is 0 Å². The van der Waals surface area contributed by atoms with Crippen molar-refractivity contribution in [1.82, 2.24) is 10.6 Å². The lowest BCUT2D eigenvalue weighted by Crippen LogP contribution is -2.49. The second-order valence-electron chi connectivity index (χ2n) is 4.70. The van der Waals surface area contributed by atoms with E-state index in [2.05, 4.69) is 10.6 Å². The van der Waals surface area contributed by atoms with Crippen LogP contribution in [0.1, 0.15) is 31.9 Å². The fourth-order valence-electron chi connectivity index (χ4n) is 2.20. The van der Waals surface area contributed by atoms with Gasteiger partial charge in [-0.25, -0.2) is 0 Å². The standard InChI is InChI=1S/C13H20N2O2/c1-10(9-11-5-4-8-17-11)15-13(16)12-6-2-3-7-14-12/h4-5,8,10,12,14H,2-3,6-7,9H2,1H3,(H,15,16)/t10?,12-/m1/s1. The summed E-state index contributed by atoms with van der Waals surface area (Å²) in [6, 6.07) is 3.90. The molecule has 94 valence electrons. The normalized spacial score (nSPS) is 22.1. The lowest BCUT2D eigenvalue weighted by Gasteiger charge is -2.24. The molecular weight excluding hydrogens is 216 g/mol. The third-order valence-electron chi connectivity index (χ3n) is 3.10. The molecule has 1 aliphatic heterocycles. The fourth-order valence-corrected chi connectivity index (χ4v) is 2.20. The van der Waals surface area contributed by atoms with E-state index in [0.29, 0.717) is 0 Å². The van der Waals surface area contributed by atoms with Crippen LogP contribution in [0.15, 0.2) is 22.8 Å². The molecule has 1 aliphatic rings. The van der Waals surface area contributed by atoms with Gasteiger partial charge in [0, 0.05) is 12.5 Å². The van der Waals surface area contributed by atoms with Crippen molar-refractivity contribution in [2.45, 2.75) is 44.7 Å². The van der Waals surface area contributed by atoms with Crippen molar-refractivity contribution in [3.8, 4) is 0 Å². The van der Waals surface area contributed by atoms with Gasteiger partial charge in [-0.1, -0.05) is 6.42 Å². The lowest BCUT2D eigenvalue weighted by atomic mass is 10.0. The molecular formula is C13H20N2O2. The second-order valence-corrected chi connectivity index (χ2v) is 4.70. The minimum atomic E-state index is -0.0113. The number of carbonyl (C=O) groups is 1. The monoisotopic (exact) mass is 236 g/mol. The first-order valence-electron chi connectivity index (χ1n) is 6.32. The summed E-state index contributed by atoms with van der Waals surface area (Å²) < 4.78 is 5.26. The summed E-state index contributed by atoms with van der Waals surface area (Å²) in [5.74, 6) is 1.03. The van der Waals surface area contributed by atoms with Gasteiger partial charge in [-0.2, -0.15) is 0 Å². The highest BCUT2D eigenvalue weighted by atomic mass is 16.3. The summed E-state index contributed by atoms with van der Waals surface area (Å²) in [6.07, 6.45) is 5.65. The van der Waals surface area contributed by atoms with Gasteiger partial charge in [-0.15, -0.1) is 0 Å². The van der Waals surface area contributed by atoms with Gasteiger partial charge in [0.25, 0.3) is 0 Å². The SMILES string of the molecule is CC(Cc1ccco1)NC(=O)[C@H]1CCCCN1. The van der Waals surface area contributed by atoms with Gasteiger partial charge >= 0.3 is 0 Å². The highest BCUT2D eigenvalue weighted by molar-refractivity contribution is 5.82. The molecule has 1 aromatic rings. The number of nitrogens with one attached hydrogen (secondary N) is 2. The van der Waals surface area contributed by atoms with Crippen molar-refractivity contribution >= 4 is 5.91 Å². The van der Waals surface area contributed by atoms with Crippen LogP contribution < -0.4 is 10.6 Å². The zero-order chi connectivity index (χ0) is 12.1. The van der Waals surface area contributed by atoms with Gasteiger partial charge < -0.3 is 15.1 Å². The van der Waals surface area contributed by atoms with Crippen LogP contribution in [-0.2, 0) is 11.2 Å². The predicted molar refractivity (Wildman–Crippen MR) is 65.7 cm³/mol. The first-order valence-corrected chi connectivity index (χ1v) is 6.32. The third kappa shape index (κ3) is 3.60. The Bertz CT molecular complexity index is 342. The average molecular weight is 236 g/mol. The van der Waals surface area contributed by atoms with Crippen LogP contribution in [-0.4, -0.2) is 24.5 Å². The molecule has 1 saturated heterocycles. The molecule has 2 atom stereocenters. The minimum Gasteiger partial charge on any atom is -0.469 e. The Morgan fingerprint density at radius 1 is 1.65 bits per heavy atom. The van der Waals surface area contributed by atoms with E-state index in [-0.39, 0.29) is 18.0 Å². The Morgan fingerprint density at radius 3 is 3.18 bits per heavy atom. The summed E-state index contributed by atoms with van der Waals surface area (Å²) in [5.41, 5.74) is 0. The van der Waals surface area contributed by atoms with Crippen molar-refractivity contribution in [3.05, 3.63) is 24.2 Å². The van der Waals surface area contributed by atoms with Gasteiger partial charge in [0.2, 0.25) is 5.91 Å². The molecule has 0 radical (unpaired) electrons. The lowest BCUT2D eigenvalue weighted by molar-refractivity contribution is -0.124. The van der Waals surface area contributed by atoms with Gasteiger partial charge in [0.15, 0.2) is 0 Å². The minimum absolute atomic E-state index is 0.0113. The van der Waals surface area contributed by atoms with Crippen LogP contribution in [0.2, 0.25) is 0 Å². The van der Waals surface area contributed by atoms with Gasteiger partial charge in [0.1, 0.15) is 5.76 Å². The summed E-state index contributed by atoms with van der Waals surface area (Å²) >= 11 is 0. The van der Waals surface area contributed by atoms with Crippen LogP contribution in [0, 0.1) is 0 Å². The molecule has 0 aromatic carbocycles. The Hall–Kier alpha value is -1.29. The van der Waals surface area contributed by atoms with Crippen LogP contribution >= 0.6 is 0 Å². The van der Waals surface area contributed by atoms with E-state index < -0.39 is 0 Å². The molecule has 2 heterocycles. The van der Waals surface area contributed by atoms with E-state index in [1.807, 2.05) is 19.1 Å². The molecule has 1 fully saturated rings. The molecule has 0 saturated carbocycles. The Kier molecular flexibility index (Phi) is 4.20. The molecule has 17 heavy (non-hydrogen) atoms. The van der Waals surface area contributed by atoms with Gasteiger partial charge in [-0.3, -0.25) is 4.79 Å². The van der Waals surface area contributed by atoms with Crippen molar-refractivity contribution < 1.29 is 9.21 Å². The number of piperidine rings is 1. The highest BCUT2D eigenvalue weighted by Gasteiger charge is 2.21. The highest BCUT2D eigenvalue weighted by Crippen LogP contribution is 2.08. The molecule has 2 N–H and O–H groups in total. The van der Waals surface area contributed by atoms with Gasteiger partial charge in [-0.05, 0) is 38.4 Å². The fraction of sp³-hybridized carbons (Fsp3) is 0.615. The second kappa shape index (κ2) is 5.87. The first kappa shape index (κ1) is 12.2. The molecule has 1 unspecified atom stereocenters. The van der Waals surface area contributed by atoms with E-state index in [0.717, 1.165) is 31.6 Å². The number of amides is 1. The summed E-state index contributed by atoms with van der Waals surface area (Å²) in [7, 11) is 0. The summed E-state index contributed by atoms with van der Waals surface area (Å²) in [6.45, 7) is 2.95. The number of rotatable bonds is 4. The Balaban J connectivity index is 1.77. The quantitative estimate of drug-likeness (QED) is 0.832. The Morgan fingerprint density at radius 2 is 2.53 bits per heavy atom. The average Bonchev–Trinajstić information content (AvgIpc) is 2.82. The maximum atomic E-state index is 11.9. The van der Waals surface area contributed by atoms with E-state index in [4.69, 9.17) is 4.42 Å². The number of hydrogen-bond donors (Lipinski definition) is 2. The maximum absolute atomic E-state index is 11.9. The smallest absolute Gasteiger partial charge is 0.237 e.